The molecule has 0 spiro atoms. The lowest BCUT2D eigenvalue weighted by atomic mass is 10.1. The summed E-state index contributed by atoms with van der Waals surface area (Å²) in [6, 6.07) is 6.20. The van der Waals surface area contributed by atoms with E-state index >= 15 is 0 Å². The molecule has 1 aliphatic heterocycles. The lowest BCUT2D eigenvalue weighted by Gasteiger charge is -2.18. The molecular weight excluding hydrogens is 242 g/mol. The quantitative estimate of drug-likeness (QED) is 0.906. The number of rotatable bonds is 3. The first-order chi connectivity index (χ1) is 9.15. The molecule has 1 aromatic carbocycles. The van der Waals surface area contributed by atoms with Gasteiger partial charge in [-0.1, -0.05) is 6.07 Å². The zero-order chi connectivity index (χ0) is 13.4. The van der Waals surface area contributed by atoms with E-state index in [0.29, 0.717) is 19.1 Å². The summed E-state index contributed by atoms with van der Waals surface area (Å²) < 4.78 is 11.1. The van der Waals surface area contributed by atoms with E-state index in [0.717, 1.165) is 17.9 Å². The topological polar surface area (TPSA) is 47.6 Å². The van der Waals surface area contributed by atoms with Crippen molar-refractivity contribution in [2.75, 3.05) is 13.2 Å². The van der Waals surface area contributed by atoms with E-state index in [2.05, 4.69) is 5.32 Å². The molecular formula is C15H19NO3. The van der Waals surface area contributed by atoms with Crippen LogP contribution >= 0.6 is 0 Å². The van der Waals surface area contributed by atoms with E-state index in [9.17, 15) is 4.79 Å². The van der Waals surface area contributed by atoms with Crippen LogP contribution in [-0.2, 0) is 4.79 Å². The Hall–Kier alpha value is -1.71. The van der Waals surface area contributed by atoms with Crippen LogP contribution in [0, 0.1) is 5.92 Å². The molecule has 19 heavy (non-hydrogen) atoms. The minimum atomic E-state index is 0.116. The lowest BCUT2D eigenvalue weighted by molar-refractivity contribution is -0.122. The van der Waals surface area contributed by atoms with E-state index in [1.807, 2.05) is 32.0 Å². The summed E-state index contributed by atoms with van der Waals surface area (Å²) in [5, 5.41) is 2.97. The molecule has 1 aromatic rings. The van der Waals surface area contributed by atoms with Gasteiger partial charge in [-0.05, 0) is 43.9 Å². The Kier molecular flexibility index (Phi) is 3.09. The van der Waals surface area contributed by atoms with Crippen molar-refractivity contribution in [3.8, 4) is 11.5 Å². The van der Waals surface area contributed by atoms with Crippen LogP contribution in [0.2, 0.25) is 0 Å². The molecule has 0 saturated heterocycles. The maximum atomic E-state index is 11.9. The van der Waals surface area contributed by atoms with Crippen LogP contribution in [-0.4, -0.2) is 25.2 Å². The summed E-state index contributed by atoms with van der Waals surface area (Å²) in [5.41, 5.74) is 1.17. The largest absolute Gasteiger partial charge is 0.486 e. The van der Waals surface area contributed by atoms with Gasteiger partial charge in [-0.2, -0.15) is 0 Å². The number of hydrogen-bond acceptors (Lipinski definition) is 3. The average molecular weight is 261 g/mol. The Morgan fingerprint density at radius 1 is 1.26 bits per heavy atom. The molecule has 2 aliphatic rings. The average Bonchev–Trinajstić information content (AvgIpc) is 3.17. The SMILES string of the molecule is CC(C)NC(=O)C1CC1c1ccc2c(c1)OCCO2. The second-order valence-corrected chi connectivity index (χ2v) is 5.52. The summed E-state index contributed by atoms with van der Waals surface area (Å²) in [6.07, 6.45) is 0.929. The predicted molar refractivity (Wildman–Crippen MR) is 71.6 cm³/mol. The van der Waals surface area contributed by atoms with Gasteiger partial charge in [-0.25, -0.2) is 0 Å². The minimum absolute atomic E-state index is 0.116. The highest BCUT2D eigenvalue weighted by molar-refractivity contribution is 5.83. The molecule has 4 heteroatoms. The second-order valence-electron chi connectivity index (χ2n) is 5.52. The maximum absolute atomic E-state index is 11.9. The van der Waals surface area contributed by atoms with E-state index in [-0.39, 0.29) is 17.9 Å². The highest BCUT2D eigenvalue weighted by Gasteiger charge is 2.44. The summed E-state index contributed by atoms with van der Waals surface area (Å²) in [7, 11) is 0. The van der Waals surface area contributed by atoms with Crippen LogP contribution in [0.4, 0.5) is 0 Å². The summed E-state index contributed by atoms with van der Waals surface area (Å²) >= 11 is 0. The number of carbonyl (C=O) groups is 1. The zero-order valence-corrected chi connectivity index (χ0v) is 11.3. The normalized spacial score (nSPS) is 24.2. The maximum Gasteiger partial charge on any atom is 0.223 e. The van der Waals surface area contributed by atoms with Crippen molar-refractivity contribution in [3.63, 3.8) is 0 Å². The summed E-state index contributed by atoms with van der Waals surface area (Å²) in [5.74, 6) is 2.21. The van der Waals surface area contributed by atoms with Gasteiger partial charge >= 0.3 is 0 Å². The van der Waals surface area contributed by atoms with Crippen LogP contribution in [0.25, 0.3) is 0 Å². The number of fused-ring (bicyclic) bond motifs is 1. The standard InChI is InChI=1S/C15H19NO3/c1-9(2)16-15(17)12-8-11(12)10-3-4-13-14(7-10)19-6-5-18-13/h3-4,7,9,11-12H,5-6,8H2,1-2H3,(H,16,17). The van der Waals surface area contributed by atoms with Gasteiger partial charge < -0.3 is 14.8 Å². The number of carbonyl (C=O) groups excluding carboxylic acids is 1. The molecule has 102 valence electrons. The van der Waals surface area contributed by atoms with Crippen LogP contribution < -0.4 is 14.8 Å². The van der Waals surface area contributed by atoms with Gasteiger partial charge in [-0.3, -0.25) is 4.79 Å². The molecule has 1 aliphatic carbocycles. The van der Waals surface area contributed by atoms with Gasteiger partial charge in [0.05, 0.1) is 0 Å². The van der Waals surface area contributed by atoms with Crippen molar-refractivity contribution in [1.82, 2.24) is 5.32 Å². The third-order valence-electron chi connectivity index (χ3n) is 3.55. The Labute approximate surface area is 113 Å². The Balaban J connectivity index is 1.70. The first kappa shape index (κ1) is 12.3. The van der Waals surface area contributed by atoms with Gasteiger partial charge in [0, 0.05) is 12.0 Å². The van der Waals surface area contributed by atoms with Crippen LogP contribution in [0.5, 0.6) is 11.5 Å². The van der Waals surface area contributed by atoms with Crippen molar-refractivity contribution < 1.29 is 14.3 Å². The first-order valence-corrected chi connectivity index (χ1v) is 6.85. The number of amides is 1. The second kappa shape index (κ2) is 4.76. The van der Waals surface area contributed by atoms with Crippen LogP contribution in [0.1, 0.15) is 31.7 Å². The molecule has 2 unspecified atom stereocenters. The van der Waals surface area contributed by atoms with Crippen LogP contribution in [0.3, 0.4) is 0 Å². The fraction of sp³-hybridized carbons (Fsp3) is 0.533. The van der Waals surface area contributed by atoms with E-state index in [1.54, 1.807) is 0 Å². The number of benzene rings is 1. The van der Waals surface area contributed by atoms with E-state index in [1.165, 1.54) is 5.56 Å². The van der Waals surface area contributed by atoms with Gasteiger partial charge in [0.15, 0.2) is 11.5 Å². The fourth-order valence-corrected chi connectivity index (χ4v) is 2.54. The van der Waals surface area contributed by atoms with Crippen molar-refractivity contribution in [2.45, 2.75) is 32.2 Å². The monoisotopic (exact) mass is 261 g/mol. The highest BCUT2D eigenvalue weighted by Crippen LogP contribution is 2.49. The molecule has 0 bridgehead atoms. The van der Waals surface area contributed by atoms with E-state index < -0.39 is 0 Å². The number of nitrogens with one attached hydrogen (secondary N) is 1. The molecule has 1 amide bonds. The highest BCUT2D eigenvalue weighted by atomic mass is 16.6. The van der Waals surface area contributed by atoms with Crippen molar-refractivity contribution in [2.24, 2.45) is 5.92 Å². The predicted octanol–water partition coefficient (Wildman–Crippen LogP) is 2.09. The smallest absolute Gasteiger partial charge is 0.223 e. The summed E-state index contributed by atoms with van der Waals surface area (Å²) in [6.45, 7) is 5.17. The molecule has 0 aromatic heterocycles. The first-order valence-electron chi connectivity index (χ1n) is 6.85. The number of ether oxygens (including phenoxy) is 2. The third kappa shape index (κ3) is 2.53. The van der Waals surface area contributed by atoms with Gasteiger partial charge in [0.25, 0.3) is 0 Å². The number of hydrogen-bond donors (Lipinski definition) is 1. The molecule has 0 radical (unpaired) electrons. The van der Waals surface area contributed by atoms with Crippen LogP contribution in [0.15, 0.2) is 18.2 Å². The molecule has 1 saturated carbocycles. The van der Waals surface area contributed by atoms with Gasteiger partial charge in [0.2, 0.25) is 5.91 Å². The molecule has 1 heterocycles. The molecule has 1 N–H and O–H groups in total. The Bertz CT molecular complexity index is 498. The van der Waals surface area contributed by atoms with Crippen molar-refractivity contribution in [3.05, 3.63) is 23.8 Å². The third-order valence-corrected chi connectivity index (χ3v) is 3.55. The Morgan fingerprint density at radius 3 is 2.74 bits per heavy atom. The van der Waals surface area contributed by atoms with Gasteiger partial charge in [-0.15, -0.1) is 0 Å². The van der Waals surface area contributed by atoms with Crippen molar-refractivity contribution >= 4 is 5.91 Å². The minimum Gasteiger partial charge on any atom is -0.486 e. The van der Waals surface area contributed by atoms with Gasteiger partial charge in [0.1, 0.15) is 13.2 Å². The molecule has 2 atom stereocenters. The zero-order valence-electron chi connectivity index (χ0n) is 11.3. The van der Waals surface area contributed by atoms with Crippen molar-refractivity contribution in [1.29, 1.82) is 0 Å². The summed E-state index contributed by atoms with van der Waals surface area (Å²) in [4.78, 5) is 11.9. The molecule has 4 nitrogen and oxygen atoms in total. The lowest BCUT2D eigenvalue weighted by Crippen LogP contribution is -2.31. The molecule has 3 rings (SSSR count). The fourth-order valence-electron chi connectivity index (χ4n) is 2.54. The molecule has 1 fully saturated rings. The van der Waals surface area contributed by atoms with E-state index in [4.69, 9.17) is 9.47 Å². The Morgan fingerprint density at radius 2 is 2.00 bits per heavy atom.